The molecule has 24 heteroatoms. The van der Waals surface area contributed by atoms with Gasteiger partial charge in [-0.1, -0.05) is 293 Å². The summed E-state index contributed by atoms with van der Waals surface area (Å²) in [4.78, 5) is 34.6. The molecule has 13 heterocycles. The molecule has 0 spiro atoms. The minimum atomic E-state index is -2.06. The van der Waals surface area contributed by atoms with Crippen molar-refractivity contribution in [1.29, 1.82) is 0 Å². The van der Waals surface area contributed by atoms with Gasteiger partial charge in [-0.25, -0.2) is 0 Å². The quantitative estimate of drug-likeness (QED) is 0.0217. The fourth-order valence-electron chi connectivity index (χ4n) is 21.5. The number of benzene rings is 5. The number of hydrogen-bond acceptors (Lipinski definition) is 14. The van der Waals surface area contributed by atoms with Crippen molar-refractivity contribution >= 4 is 322 Å². The Balaban J connectivity index is 0.000000185. The van der Waals surface area contributed by atoms with Gasteiger partial charge in [-0.15, -0.1) is 68.0 Å². The SMILES string of the molecule is Brc1ccc(Br)c2nsnc12.C.CCCCCC[Si]1(CCCCCC)c2c[c]([Sn]([CH3])([CH3])[CH3])sc2-c2s[c]([Sn]([CH3])([CH3])[CH3])cc21.CCCCCCc1cc(-c2cc3c(s2)-c2sc(-c4ccc(-c5cc6c(s5)-c5sc(C)cc5[Si]6(CCCCCC)CCCCCC)c5nsnc45)cc2[Si]3(CCCCCC)CCCCCC)sc1C.CCCCCCc1cc(Br)sc1Br.c1ccc(P(c2ccccc2)c2ccccc2)cc1. The van der Waals surface area contributed by atoms with E-state index >= 15 is 0 Å². The van der Waals surface area contributed by atoms with Crippen LogP contribution in [0.25, 0.3) is 82.0 Å². The molecule has 10 aromatic heterocycles. The monoisotopic (exact) mass is 2630 g/mol. The number of unbranched alkanes of at least 4 members (excludes halogenated alkanes) is 24. The molecule has 143 heavy (non-hydrogen) atoms. The number of halogens is 4. The predicted molar refractivity (Wildman–Crippen MR) is 686 cm³/mol. The average Bonchev–Trinajstić information content (AvgIpc) is 1.54. The van der Waals surface area contributed by atoms with Crippen molar-refractivity contribution < 1.29 is 0 Å². The second-order valence-corrected chi connectivity index (χ2v) is 102. The molecule has 18 rings (SSSR count). The molecule has 0 unspecified atom stereocenters. The van der Waals surface area contributed by atoms with E-state index in [-0.39, 0.29) is 7.43 Å². The Bertz CT molecular complexity index is 6220. The first-order valence-corrected chi connectivity index (χ1v) is 93.7. The first-order chi connectivity index (χ1) is 68.8. The molecule has 3 aliphatic rings. The van der Waals surface area contributed by atoms with Gasteiger partial charge in [0, 0.05) is 68.8 Å². The van der Waals surface area contributed by atoms with Gasteiger partial charge in [0.15, 0.2) is 0 Å². The van der Waals surface area contributed by atoms with Crippen molar-refractivity contribution in [3.8, 4) is 59.9 Å². The normalized spacial score (nSPS) is 13.3. The third-order valence-corrected chi connectivity index (χ3v) is 80.9. The molecule has 4 nitrogen and oxygen atoms in total. The Morgan fingerprint density at radius 3 is 0.930 bits per heavy atom. The Morgan fingerprint density at radius 2 is 0.587 bits per heavy atom. The summed E-state index contributed by atoms with van der Waals surface area (Å²) < 4.78 is 26.8. The average molecular weight is 2640 g/mol. The molecule has 0 atom stereocenters. The van der Waals surface area contributed by atoms with Crippen molar-refractivity contribution in [1.82, 2.24) is 17.5 Å². The van der Waals surface area contributed by atoms with E-state index in [9.17, 15) is 0 Å². The minimum absolute atomic E-state index is 0. The zero-order chi connectivity index (χ0) is 101. The third-order valence-electron chi connectivity index (χ3n) is 29.3. The van der Waals surface area contributed by atoms with Crippen LogP contribution in [0.1, 0.15) is 289 Å². The van der Waals surface area contributed by atoms with Crippen LogP contribution in [0.2, 0.25) is 65.9 Å². The van der Waals surface area contributed by atoms with Gasteiger partial charge >= 0.3 is 212 Å². The maximum absolute atomic E-state index is 5.19. The van der Waals surface area contributed by atoms with Crippen LogP contribution < -0.4 is 52.8 Å². The van der Waals surface area contributed by atoms with Gasteiger partial charge in [-0.05, 0) is 232 Å². The number of hydrogen-bond donors (Lipinski definition) is 0. The van der Waals surface area contributed by atoms with Crippen LogP contribution in [0.5, 0.6) is 0 Å². The molecule has 0 saturated heterocycles. The number of rotatable bonds is 48. The van der Waals surface area contributed by atoms with E-state index in [1.54, 1.807) is 66.9 Å². The zero-order valence-corrected chi connectivity index (χ0v) is 112. The summed E-state index contributed by atoms with van der Waals surface area (Å²) in [5.41, 5.74) is 9.70. The first-order valence-electron chi connectivity index (χ1n) is 54.0. The number of aryl methyl sites for hydroxylation is 4. The molecule has 768 valence electrons. The summed E-state index contributed by atoms with van der Waals surface area (Å²) >= 11 is 29.1. The van der Waals surface area contributed by atoms with E-state index in [2.05, 4.69) is 402 Å². The van der Waals surface area contributed by atoms with E-state index in [0.717, 1.165) is 31.0 Å². The van der Waals surface area contributed by atoms with Crippen LogP contribution in [0.4, 0.5) is 0 Å². The maximum atomic E-state index is 5.19. The van der Waals surface area contributed by atoms with Gasteiger partial charge in [0.05, 0.1) is 31.0 Å². The standard InChI is InChI=1S/C58H78N2S6Si2.C20H28S2Si.C18H15P.C10H14Br2S.C6H2Br2N2S.CH4.6CH3.2Sn/c1-8-13-18-23-28-42-36-47(62-41(42)7)48-39-52-58(65-48)57-51(68(52,33-26-21-16-11-4)34-27-22-17-12-5)38-46(64-57)44-30-29-43(53-54(44)60-66-59-53)45-37-50-56(63-45)55-49(35-40(6)61-55)67(50,31-24-19-14-9-2)32-25-20-15-10-3;1-3-5-7-9-15-23(16-10-8-6-4-2)17-11-13-21-19(17)20-18(23)12-14-22-20;1-4-10-16(11-5-1)19(17-12-6-2-7-13-17)18-14-8-3-9-15-18;1-2-3-4-5-6-8-7-9(11)13-10(8)12;7-3-1-2-4(8)6-5(3)9-11-10-6;;;;;;;;;/h29-30,35-39H,8-28,31-34H2,1-7H3;11-12H,3-10,15-16H2,1-2H3;1-15H;7H,2-6H2,1H3;1-2H;1H4;6*1H3;;. The second-order valence-electron chi connectivity index (χ2n) is 42.1. The van der Waals surface area contributed by atoms with E-state index in [0.29, 0.717) is 0 Å². The van der Waals surface area contributed by atoms with Crippen LogP contribution in [-0.4, -0.2) is 78.5 Å². The molecule has 0 bridgehead atoms. The topological polar surface area (TPSA) is 51.6 Å². The first kappa shape index (κ1) is 118. The van der Waals surface area contributed by atoms with E-state index in [4.69, 9.17) is 8.75 Å². The van der Waals surface area contributed by atoms with Gasteiger partial charge in [0.2, 0.25) is 0 Å². The van der Waals surface area contributed by atoms with E-state index in [1.165, 1.54) is 347 Å². The van der Waals surface area contributed by atoms with Crippen LogP contribution in [0.3, 0.4) is 0 Å². The maximum Gasteiger partial charge on any atom is 0.122 e. The minimum Gasteiger partial charge on any atom is -0.172 e. The molecule has 0 radical (unpaired) electrons. The number of nitrogens with zero attached hydrogens (tertiary/aromatic N) is 4. The fourth-order valence-corrected chi connectivity index (χ4v) is 69.5. The van der Waals surface area contributed by atoms with Crippen molar-refractivity contribution in [2.24, 2.45) is 0 Å². The van der Waals surface area contributed by atoms with Crippen LogP contribution in [0, 0.1) is 13.8 Å². The third kappa shape index (κ3) is 29.2. The molecule has 0 saturated carbocycles. The summed E-state index contributed by atoms with van der Waals surface area (Å²) in [6.45, 7) is 23.5. The van der Waals surface area contributed by atoms with Crippen molar-refractivity contribution in [3.63, 3.8) is 0 Å². The Kier molecular flexibility index (Phi) is 47.4. The Hall–Kier alpha value is -2.06. The largest absolute Gasteiger partial charge is 0.172 e. The molecule has 5 aromatic carbocycles. The summed E-state index contributed by atoms with van der Waals surface area (Å²) in [5, 5.41) is 15.1. The molecule has 0 amide bonds. The summed E-state index contributed by atoms with van der Waals surface area (Å²) in [6, 6.07) is 71.0. The molecule has 0 fully saturated rings. The van der Waals surface area contributed by atoms with Crippen LogP contribution in [-0.2, 0) is 12.8 Å². The smallest absolute Gasteiger partial charge is 0.122 e. The predicted octanol–water partition coefficient (Wildman–Crippen LogP) is 39.4. The molecule has 15 aromatic rings. The molecular weight excluding hydrogens is 2480 g/mol. The molecule has 0 aliphatic carbocycles. The van der Waals surface area contributed by atoms with Gasteiger partial charge in [0.25, 0.3) is 0 Å². The Labute approximate surface area is 948 Å². The fraction of sp³-hybridized carbons (Fsp3) is 0.479. The van der Waals surface area contributed by atoms with Crippen molar-refractivity contribution in [2.45, 2.75) is 361 Å². The van der Waals surface area contributed by atoms with Gasteiger partial charge in [-0.2, -0.15) is 17.5 Å². The number of aromatic nitrogens is 4. The summed E-state index contributed by atoms with van der Waals surface area (Å²) in [6.07, 6.45) is 46.0. The van der Waals surface area contributed by atoms with Crippen LogP contribution >= 0.6 is 186 Å². The molecule has 3 aliphatic heterocycles. The van der Waals surface area contributed by atoms with E-state index in [1.807, 2.05) is 28.3 Å². The van der Waals surface area contributed by atoms with Gasteiger partial charge in [0.1, 0.15) is 38.2 Å². The Morgan fingerprint density at radius 1 is 0.287 bits per heavy atom. The van der Waals surface area contributed by atoms with E-state index < -0.39 is 68.9 Å². The molecular formula is C119H159Br4N4PS10Si3Sn2. The summed E-state index contributed by atoms with van der Waals surface area (Å²) in [7, 11) is -5.96. The molecule has 0 N–H and O–H groups in total. The van der Waals surface area contributed by atoms with Gasteiger partial charge in [-0.3, -0.25) is 0 Å². The number of thiophene rings is 8. The zero-order valence-electron chi connectivity index (χ0n) is 87.7. The van der Waals surface area contributed by atoms with Gasteiger partial charge < -0.3 is 0 Å². The van der Waals surface area contributed by atoms with Crippen molar-refractivity contribution in [2.75, 3.05) is 0 Å². The number of fused-ring (bicyclic) bond motifs is 11. The van der Waals surface area contributed by atoms with Crippen LogP contribution in [0.15, 0.2) is 180 Å². The van der Waals surface area contributed by atoms with Crippen molar-refractivity contribution in [3.05, 3.63) is 201 Å². The second kappa shape index (κ2) is 57.4. The summed E-state index contributed by atoms with van der Waals surface area (Å²) in [5.74, 6) is 0.